The highest BCUT2D eigenvalue weighted by Crippen LogP contribution is 2.25. The molecule has 0 saturated carbocycles. The number of nitrogens with zero attached hydrogens (tertiary/aromatic N) is 1. The first-order chi connectivity index (χ1) is 12.8. The third-order valence-corrected chi connectivity index (χ3v) is 5.46. The molecule has 0 aliphatic rings. The predicted molar refractivity (Wildman–Crippen MR) is 116 cm³/mol. The van der Waals surface area contributed by atoms with Crippen LogP contribution in [0.15, 0.2) is 54.6 Å². The van der Waals surface area contributed by atoms with E-state index >= 15 is 0 Å². The maximum absolute atomic E-state index is 12.0. The SMILES string of the molecule is CC(C)(C)N(C(=O)O)C(CCCc1ccccc1CBr)Cc1ccccc1. The van der Waals surface area contributed by atoms with Crippen LogP contribution in [-0.2, 0) is 18.2 Å². The summed E-state index contributed by atoms with van der Waals surface area (Å²) in [5.74, 6) is 0. The topological polar surface area (TPSA) is 40.5 Å². The number of alkyl halides is 1. The molecule has 0 aliphatic carbocycles. The Kier molecular flexibility index (Phi) is 7.91. The van der Waals surface area contributed by atoms with Crippen molar-refractivity contribution in [3.8, 4) is 0 Å². The number of amides is 1. The number of hydrogen-bond acceptors (Lipinski definition) is 1. The van der Waals surface area contributed by atoms with Crippen LogP contribution >= 0.6 is 15.9 Å². The van der Waals surface area contributed by atoms with E-state index in [1.54, 1.807) is 4.90 Å². The highest BCUT2D eigenvalue weighted by atomic mass is 79.9. The van der Waals surface area contributed by atoms with Gasteiger partial charge in [0.25, 0.3) is 0 Å². The molecule has 146 valence electrons. The summed E-state index contributed by atoms with van der Waals surface area (Å²) in [4.78, 5) is 13.7. The zero-order valence-electron chi connectivity index (χ0n) is 16.5. The number of aryl methyl sites for hydroxylation is 1. The Hall–Kier alpha value is -1.81. The van der Waals surface area contributed by atoms with Crippen LogP contribution < -0.4 is 0 Å². The average molecular weight is 432 g/mol. The van der Waals surface area contributed by atoms with Crippen molar-refractivity contribution in [2.45, 2.75) is 63.4 Å². The van der Waals surface area contributed by atoms with Crippen LogP contribution in [0, 0.1) is 0 Å². The normalized spacial score (nSPS) is 12.6. The molecule has 0 saturated heterocycles. The van der Waals surface area contributed by atoms with Gasteiger partial charge in [0.2, 0.25) is 0 Å². The highest BCUT2D eigenvalue weighted by Gasteiger charge is 2.32. The minimum absolute atomic E-state index is 0.0407. The Morgan fingerprint density at radius 1 is 1.04 bits per heavy atom. The summed E-state index contributed by atoms with van der Waals surface area (Å²) in [6.45, 7) is 5.91. The summed E-state index contributed by atoms with van der Waals surface area (Å²) in [5, 5.41) is 10.7. The number of benzene rings is 2. The summed E-state index contributed by atoms with van der Waals surface area (Å²) >= 11 is 3.56. The van der Waals surface area contributed by atoms with Crippen LogP contribution in [0.25, 0.3) is 0 Å². The van der Waals surface area contributed by atoms with Crippen molar-refractivity contribution >= 4 is 22.0 Å². The molecule has 0 spiro atoms. The van der Waals surface area contributed by atoms with Gasteiger partial charge in [-0.25, -0.2) is 4.79 Å². The van der Waals surface area contributed by atoms with Gasteiger partial charge < -0.3 is 10.0 Å². The molecule has 2 aromatic rings. The maximum atomic E-state index is 12.0. The zero-order valence-corrected chi connectivity index (χ0v) is 18.1. The van der Waals surface area contributed by atoms with E-state index in [-0.39, 0.29) is 6.04 Å². The molecule has 1 amide bonds. The molecule has 1 atom stereocenters. The molecule has 0 radical (unpaired) electrons. The number of carboxylic acid groups (broad SMARTS) is 1. The third-order valence-electron chi connectivity index (χ3n) is 4.85. The molecule has 0 aromatic heterocycles. The van der Waals surface area contributed by atoms with Crippen molar-refractivity contribution in [1.82, 2.24) is 4.90 Å². The Labute approximate surface area is 171 Å². The van der Waals surface area contributed by atoms with Gasteiger partial charge in [-0.05, 0) is 63.1 Å². The van der Waals surface area contributed by atoms with Crippen LogP contribution in [-0.4, -0.2) is 27.7 Å². The van der Waals surface area contributed by atoms with Gasteiger partial charge in [0, 0.05) is 16.9 Å². The van der Waals surface area contributed by atoms with Gasteiger partial charge in [0.15, 0.2) is 0 Å². The lowest BCUT2D eigenvalue weighted by molar-refractivity contribution is 0.0664. The van der Waals surface area contributed by atoms with E-state index in [0.29, 0.717) is 0 Å². The predicted octanol–water partition coefficient (Wildman–Crippen LogP) is 6.29. The van der Waals surface area contributed by atoms with Crippen molar-refractivity contribution in [2.24, 2.45) is 0 Å². The second-order valence-corrected chi connectivity index (χ2v) is 8.52. The largest absolute Gasteiger partial charge is 0.465 e. The van der Waals surface area contributed by atoms with Crippen LogP contribution in [0.3, 0.4) is 0 Å². The molecular formula is C23H30BrNO2. The smallest absolute Gasteiger partial charge is 0.407 e. The van der Waals surface area contributed by atoms with Crippen molar-refractivity contribution in [2.75, 3.05) is 0 Å². The molecule has 1 N–H and O–H groups in total. The van der Waals surface area contributed by atoms with Gasteiger partial charge in [-0.15, -0.1) is 0 Å². The van der Waals surface area contributed by atoms with Crippen LogP contribution in [0.1, 0.15) is 50.3 Å². The van der Waals surface area contributed by atoms with E-state index in [0.717, 1.165) is 31.0 Å². The summed E-state index contributed by atoms with van der Waals surface area (Å²) in [6.07, 6.45) is 2.66. The molecule has 2 aromatic carbocycles. The van der Waals surface area contributed by atoms with E-state index in [1.165, 1.54) is 16.7 Å². The molecule has 2 rings (SSSR count). The quantitative estimate of drug-likeness (QED) is 0.498. The minimum Gasteiger partial charge on any atom is -0.465 e. The van der Waals surface area contributed by atoms with Gasteiger partial charge >= 0.3 is 6.09 Å². The third kappa shape index (κ3) is 6.39. The first-order valence-electron chi connectivity index (χ1n) is 9.52. The number of rotatable bonds is 8. The molecule has 0 bridgehead atoms. The van der Waals surface area contributed by atoms with E-state index in [9.17, 15) is 9.90 Å². The first kappa shape index (κ1) is 21.5. The second kappa shape index (κ2) is 9.93. The molecule has 1 unspecified atom stereocenters. The fourth-order valence-electron chi connectivity index (χ4n) is 3.66. The summed E-state index contributed by atoms with van der Waals surface area (Å²) in [5.41, 5.74) is 3.39. The maximum Gasteiger partial charge on any atom is 0.407 e. The minimum atomic E-state index is -0.843. The van der Waals surface area contributed by atoms with Crippen molar-refractivity contribution in [3.05, 3.63) is 71.3 Å². The van der Waals surface area contributed by atoms with Crippen molar-refractivity contribution < 1.29 is 9.90 Å². The van der Waals surface area contributed by atoms with E-state index in [2.05, 4.69) is 52.3 Å². The molecule has 4 heteroatoms. The van der Waals surface area contributed by atoms with Gasteiger partial charge in [-0.2, -0.15) is 0 Å². The molecule has 0 heterocycles. The van der Waals surface area contributed by atoms with Crippen LogP contribution in [0.4, 0.5) is 4.79 Å². The van der Waals surface area contributed by atoms with Crippen molar-refractivity contribution in [1.29, 1.82) is 0 Å². The summed E-state index contributed by atoms with van der Waals surface area (Å²) in [6, 6.07) is 18.6. The van der Waals surface area contributed by atoms with E-state index in [4.69, 9.17) is 0 Å². The summed E-state index contributed by atoms with van der Waals surface area (Å²) < 4.78 is 0. The molecule has 27 heavy (non-hydrogen) atoms. The Morgan fingerprint density at radius 3 is 2.19 bits per heavy atom. The van der Waals surface area contributed by atoms with E-state index < -0.39 is 11.6 Å². The molecule has 0 aliphatic heterocycles. The van der Waals surface area contributed by atoms with Gasteiger partial charge in [0.1, 0.15) is 0 Å². The van der Waals surface area contributed by atoms with Gasteiger partial charge in [-0.1, -0.05) is 70.5 Å². The molecule has 3 nitrogen and oxygen atoms in total. The number of hydrogen-bond donors (Lipinski definition) is 1. The Balaban J connectivity index is 2.15. The molecular weight excluding hydrogens is 402 g/mol. The van der Waals surface area contributed by atoms with E-state index in [1.807, 2.05) is 39.0 Å². The fourth-order valence-corrected chi connectivity index (χ4v) is 4.21. The molecule has 0 fully saturated rings. The van der Waals surface area contributed by atoms with Crippen molar-refractivity contribution in [3.63, 3.8) is 0 Å². The second-order valence-electron chi connectivity index (χ2n) is 7.96. The summed E-state index contributed by atoms with van der Waals surface area (Å²) in [7, 11) is 0. The van der Waals surface area contributed by atoms with Gasteiger partial charge in [0.05, 0.1) is 0 Å². The number of halogens is 1. The monoisotopic (exact) mass is 431 g/mol. The first-order valence-corrected chi connectivity index (χ1v) is 10.6. The van der Waals surface area contributed by atoms with Crippen LogP contribution in [0.2, 0.25) is 0 Å². The lowest BCUT2D eigenvalue weighted by atomic mass is 9.93. The Bertz CT molecular complexity index is 725. The lowest BCUT2D eigenvalue weighted by Crippen LogP contribution is -2.52. The zero-order chi connectivity index (χ0) is 19.9. The Morgan fingerprint density at radius 2 is 1.63 bits per heavy atom. The van der Waals surface area contributed by atoms with Gasteiger partial charge in [-0.3, -0.25) is 0 Å². The highest BCUT2D eigenvalue weighted by molar-refractivity contribution is 9.08. The fraction of sp³-hybridized carbons (Fsp3) is 0.435. The number of carbonyl (C=O) groups is 1. The standard InChI is InChI=1S/C23H30BrNO2/c1-23(2,3)25(22(26)27)21(16-18-10-5-4-6-11-18)15-9-14-19-12-7-8-13-20(19)17-24/h4-8,10-13,21H,9,14-17H2,1-3H3,(H,26,27). The van der Waals surface area contributed by atoms with Crippen LogP contribution in [0.5, 0.6) is 0 Å². The lowest BCUT2D eigenvalue weighted by Gasteiger charge is -2.40. The average Bonchev–Trinajstić information content (AvgIpc) is 2.61.